The number of thiophene rings is 1. The number of fused-ring (bicyclic) bond motifs is 2. The Labute approximate surface area is 160 Å². The zero-order chi connectivity index (χ0) is 17.9. The first-order valence-electron chi connectivity index (χ1n) is 8.61. The van der Waals surface area contributed by atoms with E-state index in [0.717, 1.165) is 47.6 Å². The molecule has 1 aliphatic heterocycles. The van der Waals surface area contributed by atoms with Crippen LogP contribution in [0, 0.1) is 11.3 Å². The molecule has 0 saturated heterocycles. The van der Waals surface area contributed by atoms with Crippen LogP contribution < -0.4 is 14.8 Å². The van der Waals surface area contributed by atoms with Crippen LogP contribution in [0.4, 0.5) is 5.00 Å². The van der Waals surface area contributed by atoms with Crippen LogP contribution in [-0.2, 0) is 17.6 Å². The Morgan fingerprint density at radius 3 is 2.92 bits per heavy atom. The molecule has 134 valence electrons. The summed E-state index contributed by atoms with van der Waals surface area (Å²) in [6.45, 7) is 1.30. The van der Waals surface area contributed by atoms with Gasteiger partial charge in [0.25, 0.3) is 0 Å². The van der Waals surface area contributed by atoms with E-state index in [2.05, 4.69) is 11.4 Å². The van der Waals surface area contributed by atoms with Gasteiger partial charge in [0, 0.05) is 16.2 Å². The predicted molar refractivity (Wildman–Crippen MR) is 102 cm³/mol. The molecule has 1 N–H and O–H groups in total. The van der Waals surface area contributed by atoms with Gasteiger partial charge in [-0.25, -0.2) is 0 Å². The second kappa shape index (κ2) is 7.60. The number of aryl methyl sites for hydroxylation is 1. The van der Waals surface area contributed by atoms with Crippen molar-refractivity contribution in [2.24, 2.45) is 0 Å². The van der Waals surface area contributed by atoms with E-state index >= 15 is 0 Å². The Bertz CT molecular complexity index is 886. The minimum Gasteiger partial charge on any atom is -0.490 e. The topological polar surface area (TPSA) is 71.4 Å². The first kappa shape index (κ1) is 17.3. The van der Waals surface area contributed by atoms with Crippen LogP contribution in [0.1, 0.15) is 28.8 Å². The maximum absolute atomic E-state index is 12.3. The maximum Gasteiger partial charge on any atom is 0.235 e. The minimum absolute atomic E-state index is 0.0986. The second-order valence-electron chi connectivity index (χ2n) is 6.17. The first-order valence-corrected chi connectivity index (χ1v) is 10.4. The number of nitrogens with zero attached hydrogens (tertiary/aromatic N) is 1. The average Bonchev–Trinajstić information content (AvgIpc) is 3.12. The van der Waals surface area contributed by atoms with Crippen LogP contribution >= 0.6 is 23.1 Å². The Morgan fingerprint density at radius 1 is 1.23 bits per heavy atom. The van der Waals surface area contributed by atoms with Crippen molar-refractivity contribution >= 4 is 34.0 Å². The molecule has 7 heteroatoms. The maximum atomic E-state index is 12.3. The number of amides is 1. The summed E-state index contributed by atoms with van der Waals surface area (Å²) >= 11 is 2.99. The molecule has 0 radical (unpaired) electrons. The molecule has 0 fully saturated rings. The van der Waals surface area contributed by atoms with Gasteiger partial charge in [-0.05, 0) is 43.0 Å². The zero-order valence-corrected chi connectivity index (χ0v) is 15.8. The van der Waals surface area contributed by atoms with E-state index in [-0.39, 0.29) is 11.7 Å². The van der Waals surface area contributed by atoms with Crippen molar-refractivity contribution in [2.75, 3.05) is 24.3 Å². The normalized spacial score (nSPS) is 15.0. The Hall–Kier alpha value is -2.17. The molecule has 1 aromatic heterocycles. The van der Waals surface area contributed by atoms with Gasteiger partial charge in [0.1, 0.15) is 11.1 Å². The standard InChI is InChI=1S/C19H18N2O3S2/c20-10-14-13-3-1-4-17(13)26-19(14)21-18(22)11-25-12-5-6-15-16(9-12)24-8-2-7-23-15/h5-6,9H,1-4,7-8,11H2,(H,21,22). The molecule has 5 nitrogen and oxygen atoms in total. The van der Waals surface area contributed by atoms with Crippen molar-refractivity contribution in [2.45, 2.75) is 30.6 Å². The number of thioether (sulfide) groups is 1. The molecule has 0 spiro atoms. The summed E-state index contributed by atoms with van der Waals surface area (Å²) in [7, 11) is 0. The third-order valence-corrected chi connectivity index (χ3v) is 6.58. The fourth-order valence-electron chi connectivity index (χ4n) is 3.16. The number of anilines is 1. The van der Waals surface area contributed by atoms with Crippen molar-refractivity contribution in [3.8, 4) is 17.6 Å². The minimum atomic E-state index is -0.0986. The third-order valence-electron chi connectivity index (χ3n) is 4.37. The lowest BCUT2D eigenvalue weighted by molar-refractivity contribution is -0.113. The molecular weight excluding hydrogens is 368 g/mol. The predicted octanol–water partition coefficient (Wildman–Crippen LogP) is 4.00. The molecule has 1 amide bonds. The van der Waals surface area contributed by atoms with Crippen molar-refractivity contribution in [1.82, 2.24) is 0 Å². The number of nitriles is 1. The summed E-state index contributed by atoms with van der Waals surface area (Å²) in [6, 6.07) is 7.99. The van der Waals surface area contributed by atoms with Crippen molar-refractivity contribution in [3.63, 3.8) is 0 Å². The van der Waals surface area contributed by atoms with Gasteiger partial charge in [-0.2, -0.15) is 5.26 Å². The van der Waals surface area contributed by atoms with Gasteiger partial charge in [0.15, 0.2) is 11.5 Å². The summed E-state index contributed by atoms with van der Waals surface area (Å²) < 4.78 is 11.3. The molecule has 2 aromatic rings. The Balaban J connectivity index is 1.39. The smallest absolute Gasteiger partial charge is 0.235 e. The SMILES string of the molecule is N#Cc1c(NC(=O)CSc2ccc3c(c2)OCCCO3)sc2c1CCC2. The number of carbonyl (C=O) groups excluding carboxylic acids is 1. The quantitative estimate of drug-likeness (QED) is 0.804. The molecule has 0 bridgehead atoms. The number of nitrogens with one attached hydrogen (secondary N) is 1. The van der Waals surface area contributed by atoms with Gasteiger partial charge in [0.05, 0.1) is 24.5 Å². The third kappa shape index (κ3) is 3.53. The highest BCUT2D eigenvalue weighted by Gasteiger charge is 2.23. The first-order chi connectivity index (χ1) is 12.7. The van der Waals surface area contributed by atoms with Gasteiger partial charge in [-0.1, -0.05) is 0 Å². The van der Waals surface area contributed by atoms with Gasteiger partial charge >= 0.3 is 0 Å². The molecule has 0 unspecified atom stereocenters. The second-order valence-corrected chi connectivity index (χ2v) is 8.32. The van der Waals surface area contributed by atoms with Crippen LogP contribution in [0.3, 0.4) is 0 Å². The summed E-state index contributed by atoms with van der Waals surface area (Å²) in [5, 5.41) is 13.0. The van der Waals surface area contributed by atoms with E-state index in [9.17, 15) is 10.1 Å². The summed E-state index contributed by atoms with van der Waals surface area (Å²) in [5.41, 5.74) is 1.78. The zero-order valence-electron chi connectivity index (χ0n) is 14.2. The molecular formula is C19H18N2O3S2. The van der Waals surface area contributed by atoms with Crippen LogP contribution in [0.2, 0.25) is 0 Å². The lowest BCUT2D eigenvalue weighted by Gasteiger charge is -2.09. The van der Waals surface area contributed by atoms with E-state index < -0.39 is 0 Å². The molecule has 1 aliphatic carbocycles. The summed E-state index contributed by atoms with van der Waals surface area (Å²) in [4.78, 5) is 14.5. The van der Waals surface area contributed by atoms with Gasteiger partial charge in [-0.15, -0.1) is 23.1 Å². The van der Waals surface area contributed by atoms with Crippen LogP contribution in [0.15, 0.2) is 23.1 Å². The van der Waals surface area contributed by atoms with E-state index in [1.54, 1.807) is 11.3 Å². The summed E-state index contributed by atoms with van der Waals surface area (Å²) in [5.74, 6) is 1.67. The fraction of sp³-hybridized carbons (Fsp3) is 0.368. The molecule has 26 heavy (non-hydrogen) atoms. The van der Waals surface area contributed by atoms with E-state index in [1.165, 1.54) is 16.6 Å². The molecule has 2 aliphatic rings. The average molecular weight is 386 g/mol. The van der Waals surface area contributed by atoms with E-state index in [4.69, 9.17) is 9.47 Å². The van der Waals surface area contributed by atoms with Gasteiger partial charge < -0.3 is 14.8 Å². The number of carbonyl (C=O) groups is 1. The highest BCUT2D eigenvalue weighted by atomic mass is 32.2. The van der Waals surface area contributed by atoms with Gasteiger partial charge in [0.2, 0.25) is 5.91 Å². The van der Waals surface area contributed by atoms with Crippen molar-refractivity contribution in [3.05, 3.63) is 34.2 Å². The highest BCUT2D eigenvalue weighted by Crippen LogP contribution is 2.39. The monoisotopic (exact) mass is 386 g/mol. The van der Waals surface area contributed by atoms with Gasteiger partial charge in [-0.3, -0.25) is 4.79 Å². The number of benzene rings is 1. The molecule has 0 atom stereocenters. The Morgan fingerprint density at radius 2 is 2.08 bits per heavy atom. The van der Waals surface area contributed by atoms with Crippen molar-refractivity contribution < 1.29 is 14.3 Å². The van der Waals surface area contributed by atoms with E-state index in [1.807, 2.05) is 18.2 Å². The van der Waals surface area contributed by atoms with E-state index in [0.29, 0.717) is 23.8 Å². The molecule has 1 aromatic carbocycles. The van der Waals surface area contributed by atoms with Crippen molar-refractivity contribution in [1.29, 1.82) is 5.26 Å². The van der Waals surface area contributed by atoms with Crippen LogP contribution in [-0.4, -0.2) is 24.9 Å². The number of rotatable bonds is 4. The largest absolute Gasteiger partial charge is 0.490 e. The summed E-state index contributed by atoms with van der Waals surface area (Å²) in [6.07, 6.45) is 3.92. The lowest BCUT2D eigenvalue weighted by atomic mass is 10.1. The number of hydrogen-bond donors (Lipinski definition) is 1. The van der Waals surface area contributed by atoms with Crippen LogP contribution in [0.25, 0.3) is 0 Å². The molecule has 4 rings (SSSR count). The number of hydrogen-bond acceptors (Lipinski definition) is 6. The lowest BCUT2D eigenvalue weighted by Crippen LogP contribution is -2.14. The highest BCUT2D eigenvalue weighted by molar-refractivity contribution is 8.00. The fourth-order valence-corrected chi connectivity index (χ4v) is 5.14. The van der Waals surface area contributed by atoms with Crippen LogP contribution in [0.5, 0.6) is 11.5 Å². The Kier molecular flexibility index (Phi) is 5.05. The molecule has 2 heterocycles. The molecule has 0 saturated carbocycles. The number of ether oxygens (including phenoxy) is 2.